The molecule has 2 amide bonds. The summed E-state index contributed by atoms with van der Waals surface area (Å²) in [6.07, 6.45) is 3.87. The highest BCUT2D eigenvalue weighted by molar-refractivity contribution is 6.00. The Labute approximate surface area is 182 Å². The monoisotopic (exact) mass is 433 g/mol. The lowest BCUT2D eigenvalue weighted by Crippen LogP contribution is -2.46. The molecular formula is C21H28ClN5O3. The molecule has 2 unspecified atom stereocenters. The predicted molar refractivity (Wildman–Crippen MR) is 114 cm³/mol. The van der Waals surface area contributed by atoms with Crippen LogP contribution in [0.5, 0.6) is 0 Å². The molecule has 0 bridgehead atoms. The summed E-state index contributed by atoms with van der Waals surface area (Å²) in [5.74, 6) is 1.19. The number of rotatable bonds is 5. The van der Waals surface area contributed by atoms with Crippen molar-refractivity contribution in [2.24, 2.45) is 5.92 Å². The van der Waals surface area contributed by atoms with Crippen molar-refractivity contribution in [3.8, 4) is 11.5 Å². The van der Waals surface area contributed by atoms with Crippen LogP contribution in [-0.4, -0.2) is 59.1 Å². The van der Waals surface area contributed by atoms with E-state index in [0.717, 1.165) is 32.2 Å². The van der Waals surface area contributed by atoms with Gasteiger partial charge in [0.25, 0.3) is 11.8 Å². The molecule has 0 spiro atoms. The van der Waals surface area contributed by atoms with Gasteiger partial charge in [0.2, 0.25) is 5.91 Å². The molecule has 0 aliphatic carbocycles. The van der Waals surface area contributed by atoms with Gasteiger partial charge in [-0.25, -0.2) is 0 Å². The Morgan fingerprint density at radius 1 is 1.27 bits per heavy atom. The fourth-order valence-electron chi connectivity index (χ4n) is 4.13. The number of amides is 2. The zero-order chi connectivity index (χ0) is 20.2. The van der Waals surface area contributed by atoms with Crippen molar-refractivity contribution in [3.63, 3.8) is 0 Å². The fraction of sp³-hybridized carbons (Fsp3) is 0.524. The second kappa shape index (κ2) is 10.0. The molecule has 30 heavy (non-hydrogen) atoms. The zero-order valence-corrected chi connectivity index (χ0v) is 17.9. The molecule has 4 rings (SSSR count). The van der Waals surface area contributed by atoms with Crippen LogP contribution in [0.15, 0.2) is 28.8 Å². The number of piperidine rings is 1. The van der Waals surface area contributed by atoms with Gasteiger partial charge in [0.15, 0.2) is 5.82 Å². The van der Waals surface area contributed by atoms with Crippen LogP contribution in [0.25, 0.3) is 11.5 Å². The first-order valence-electron chi connectivity index (χ1n) is 10.3. The third kappa shape index (κ3) is 4.99. The quantitative estimate of drug-likeness (QED) is 0.749. The smallest absolute Gasteiger partial charge is 0.258 e. The lowest BCUT2D eigenvalue weighted by Gasteiger charge is -2.33. The molecule has 3 heterocycles. The van der Waals surface area contributed by atoms with Crippen molar-refractivity contribution in [1.82, 2.24) is 25.7 Å². The number of nitrogens with zero attached hydrogens (tertiary/aromatic N) is 3. The maximum absolute atomic E-state index is 13.2. The van der Waals surface area contributed by atoms with E-state index in [2.05, 4.69) is 20.8 Å². The summed E-state index contributed by atoms with van der Waals surface area (Å²) in [5, 5.41) is 10.1. The first-order valence-corrected chi connectivity index (χ1v) is 10.3. The van der Waals surface area contributed by atoms with Crippen molar-refractivity contribution in [2.75, 3.05) is 26.2 Å². The van der Waals surface area contributed by atoms with Crippen LogP contribution in [0.3, 0.4) is 0 Å². The number of carbonyl (C=O) groups is 2. The van der Waals surface area contributed by atoms with E-state index < -0.39 is 0 Å². The molecular weight excluding hydrogens is 406 g/mol. The number of benzene rings is 1. The minimum atomic E-state index is -0.0685. The number of hydrogen-bond donors (Lipinski definition) is 2. The van der Waals surface area contributed by atoms with E-state index in [-0.39, 0.29) is 36.2 Å². The van der Waals surface area contributed by atoms with Gasteiger partial charge in [-0.05, 0) is 57.2 Å². The first-order chi connectivity index (χ1) is 14.1. The molecule has 1 aromatic carbocycles. The largest absolute Gasteiger partial charge is 0.354 e. The number of hydrogen-bond acceptors (Lipinski definition) is 6. The van der Waals surface area contributed by atoms with Crippen molar-refractivity contribution < 1.29 is 14.1 Å². The molecule has 2 aromatic rings. The van der Waals surface area contributed by atoms with Gasteiger partial charge in [0, 0.05) is 19.6 Å². The van der Waals surface area contributed by atoms with Crippen LogP contribution in [0.2, 0.25) is 0 Å². The Morgan fingerprint density at radius 2 is 2.10 bits per heavy atom. The summed E-state index contributed by atoms with van der Waals surface area (Å²) in [7, 11) is 0. The standard InChI is InChI=1S/C21H27N5O3.ClH/c1-14-24-20(29-25-14)16-7-2-3-8-17(16)21(28)26-11-5-6-15(13-26)12-23-19(27)18-9-4-10-22-18;/h2-3,7-8,15,18,22H,4-6,9-13H2,1H3,(H,23,27);1H. The number of halogens is 1. The maximum Gasteiger partial charge on any atom is 0.258 e. The van der Waals surface area contributed by atoms with Gasteiger partial charge in [-0.2, -0.15) is 4.98 Å². The zero-order valence-electron chi connectivity index (χ0n) is 17.1. The second-order valence-corrected chi connectivity index (χ2v) is 7.85. The van der Waals surface area contributed by atoms with Crippen molar-refractivity contribution in [1.29, 1.82) is 0 Å². The summed E-state index contributed by atoms with van der Waals surface area (Å²) >= 11 is 0. The van der Waals surface area contributed by atoms with E-state index in [9.17, 15) is 9.59 Å². The van der Waals surface area contributed by atoms with Gasteiger partial charge < -0.3 is 20.1 Å². The topological polar surface area (TPSA) is 100 Å². The van der Waals surface area contributed by atoms with E-state index in [1.165, 1.54) is 0 Å². The molecule has 8 nitrogen and oxygen atoms in total. The Morgan fingerprint density at radius 3 is 2.83 bits per heavy atom. The van der Waals surface area contributed by atoms with Gasteiger partial charge in [-0.3, -0.25) is 9.59 Å². The number of likely N-dealkylation sites (tertiary alicyclic amines) is 1. The van der Waals surface area contributed by atoms with Gasteiger partial charge in [0.1, 0.15) is 0 Å². The second-order valence-electron chi connectivity index (χ2n) is 7.85. The summed E-state index contributed by atoms with van der Waals surface area (Å²) in [6.45, 7) is 4.61. The molecule has 2 atom stereocenters. The van der Waals surface area contributed by atoms with Crippen molar-refractivity contribution in [2.45, 2.75) is 38.6 Å². The van der Waals surface area contributed by atoms with Crippen LogP contribution in [0.1, 0.15) is 41.9 Å². The van der Waals surface area contributed by atoms with E-state index in [4.69, 9.17) is 4.52 Å². The maximum atomic E-state index is 13.2. The minimum absolute atomic E-state index is 0. The summed E-state index contributed by atoms with van der Waals surface area (Å²) < 4.78 is 5.28. The van der Waals surface area contributed by atoms with Gasteiger partial charge in [-0.15, -0.1) is 12.4 Å². The predicted octanol–water partition coefficient (Wildman–Crippen LogP) is 2.19. The van der Waals surface area contributed by atoms with E-state index in [1.54, 1.807) is 13.0 Å². The first kappa shape index (κ1) is 22.2. The molecule has 2 aliphatic rings. The SMILES string of the molecule is Cc1noc(-c2ccccc2C(=O)N2CCCC(CNC(=O)C3CCCN3)C2)n1.Cl. The Balaban J connectivity index is 0.00000256. The Hall–Kier alpha value is -2.45. The third-order valence-corrected chi connectivity index (χ3v) is 5.66. The molecule has 1 aromatic heterocycles. The molecule has 0 radical (unpaired) electrons. The van der Waals surface area contributed by atoms with Crippen LogP contribution in [-0.2, 0) is 4.79 Å². The molecule has 162 valence electrons. The number of carbonyl (C=O) groups excluding carboxylic acids is 2. The molecule has 0 saturated carbocycles. The average Bonchev–Trinajstić information content (AvgIpc) is 3.44. The van der Waals surface area contributed by atoms with E-state index >= 15 is 0 Å². The van der Waals surface area contributed by atoms with Gasteiger partial charge in [0.05, 0.1) is 17.2 Å². The van der Waals surface area contributed by atoms with Gasteiger partial charge >= 0.3 is 0 Å². The van der Waals surface area contributed by atoms with Crippen LogP contribution in [0, 0.1) is 12.8 Å². The fourth-order valence-corrected chi connectivity index (χ4v) is 4.13. The van der Waals surface area contributed by atoms with E-state index in [0.29, 0.717) is 42.5 Å². The lowest BCUT2D eigenvalue weighted by atomic mass is 9.96. The highest BCUT2D eigenvalue weighted by Crippen LogP contribution is 2.25. The third-order valence-electron chi connectivity index (χ3n) is 5.66. The number of aryl methyl sites for hydroxylation is 1. The van der Waals surface area contributed by atoms with E-state index in [1.807, 2.05) is 23.1 Å². The lowest BCUT2D eigenvalue weighted by molar-refractivity contribution is -0.123. The molecule has 2 N–H and O–H groups in total. The highest BCUT2D eigenvalue weighted by Gasteiger charge is 2.28. The summed E-state index contributed by atoms with van der Waals surface area (Å²) in [6, 6.07) is 7.26. The number of nitrogens with one attached hydrogen (secondary N) is 2. The van der Waals surface area contributed by atoms with Crippen LogP contribution < -0.4 is 10.6 Å². The molecule has 9 heteroatoms. The molecule has 2 aliphatic heterocycles. The van der Waals surface area contributed by atoms with Crippen molar-refractivity contribution in [3.05, 3.63) is 35.7 Å². The summed E-state index contributed by atoms with van der Waals surface area (Å²) in [4.78, 5) is 31.6. The highest BCUT2D eigenvalue weighted by atomic mass is 35.5. The summed E-state index contributed by atoms with van der Waals surface area (Å²) in [5.41, 5.74) is 1.22. The molecule has 2 saturated heterocycles. The average molecular weight is 434 g/mol. The minimum Gasteiger partial charge on any atom is -0.354 e. The number of aromatic nitrogens is 2. The van der Waals surface area contributed by atoms with Gasteiger partial charge in [-0.1, -0.05) is 17.3 Å². The Kier molecular flexibility index (Phi) is 7.44. The Bertz CT molecular complexity index is 881. The van der Waals surface area contributed by atoms with Crippen LogP contribution in [0.4, 0.5) is 0 Å². The molecule has 2 fully saturated rings. The van der Waals surface area contributed by atoms with Crippen molar-refractivity contribution >= 4 is 24.2 Å². The van der Waals surface area contributed by atoms with Crippen LogP contribution >= 0.6 is 12.4 Å². The normalized spacial score (nSPS) is 21.2.